The molecule has 0 radical (unpaired) electrons. The number of aryl methyl sites for hydroxylation is 1. The predicted octanol–water partition coefficient (Wildman–Crippen LogP) is 2.43. The summed E-state index contributed by atoms with van der Waals surface area (Å²) in [5, 5.41) is 8.21. The molecule has 0 bridgehead atoms. The minimum atomic E-state index is -0.207. The van der Waals surface area contributed by atoms with Crippen LogP contribution in [-0.2, 0) is 13.6 Å². The zero-order chi connectivity index (χ0) is 15.5. The summed E-state index contributed by atoms with van der Waals surface area (Å²) in [7, 11) is 1.57. The molecule has 1 aliphatic carbocycles. The highest BCUT2D eigenvalue weighted by atomic mass is 32.1. The van der Waals surface area contributed by atoms with Crippen molar-refractivity contribution in [1.82, 2.24) is 14.7 Å². The van der Waals surface area contributed by atoms with E-state index in [1.807, 2.05) is 16.3 Å². The van der Waals surface area contributed by atoms with Crippen molar-refractivity contribution >= 4 is 17.2 Å². The third kappa shape index (κ3) is 3.11. The monoisotopic (exact) mass is 317 g/mol. The third-order valence-electron chi connectivity index (χ3n) is 4.14. The van der Waals surface area contributed by atoms with Crippen LogP contribution in [0, 0.1) is 0 Å². The molecule has 116 valence electrons. The Hall–Kier alpha value is -1.95. The lowest BCUT2D eigenvalue weighted by Crippen LogP contribution is -2.39. The standard InChI is InChI=1S/C16H19N3O2S/c1-18-15(20)7-6-14(17-18)16(21)19(13-4-2-3-5-13)10-12-8-9-22-11-12/h6-9,11,13H,2-5,10H2,1H3. The van der Waals surface area contributed by atoms with Gasteiger partial charge >= 0.3 is 0 Å². The van der Waals surface area contributed by atoms with Gasteiger partial charge in [-0.25, -0.2) is 4.68 Å². The first-order chi connectivity index (χ1) is 10.6. The largest absolute Gasteiger partial charge is 0.330 e. The van der Waals surface area contributed by atoms with Gasteiger partial charge in [0, 0.05) is 25.7 Å². The van der Waals surface area contributed by atoms with Gasteiger partial charge in [0.05, 0.1) is 0 Å². The number of thiophene rings is 1. The maximum Gasteiger partial charge on any atom is 0.274 e. The van der Waals surface area contributed by atoms with E-state index in [4.69, 9.17) is 0 Å². The number of carbonyl (C=O) groups excluding carboxylic acids is 1. The molecule has 0 N–H and O–H groups in total. The Kier molecular flexibility index (Phi) is 4.38. The lowest BCUT2D eigenvalue weighted by molar-refractivity contribution is 0.0656. The van der Waals surface area contributed by atoms with Crippen molar-refractivity contribution in [3.05, 3.63) is 50.6 Å². The first-order valence-electron chi connectivity index (χ1n) is 7.51. The topological polar surface area (TPSA) is 55.2 Å². The molecule has 1 aliphatic rings. The van der Waals surface area contributed by atoms with Crippen LogP contribution in [0.5, 0.6) is 0 Å². The van der Waals surface area contributed by atoms with Crippen molar-refractivity contribution < 1.29 is 4.79 Å². The molecule has 0 aliphatic heterocycles. The number of nitrogens with zero attached hydrogens (tertiary/aromatic N) is 3. The predicted molar refractivity (Wildman–Crippen MR) is 85.9 cm³/mol. The van der Waals surface area contributed by atoms with Crippen LogP contribution in [0.2, 0.25) is 0 Å². The van der Waals surface area contributed by atoms with Gasteiger partial charge in [-0.05, 0) is 41.3 Å². The Balaban J connectivity index is 1.88. The van der Waals surface area contributed by atoms with Gasteiger partial charge in [0.2, 0.25) is 0 Å². The fraction of sp³-hybridized carbons (Fsp3) is 0.438. The number of amides is 1. The molecular formula is C16H19N3O2S. The van der Waals surface area contributed by atoms with Crippen molar-refractivity contribution in [2.24, 2.45) is 7.05 Å². The Bertz CT molecular complexity index is 702. The minimum Gasteiger partial charge on any atom is -0.330 e. The summed E-state index contributed by atoms with van der Waals surface area (Å²) < 4.78 is 1.21. The van der Waals surface area contributed by atoms with E-state index in [1.54, 1.807) is 18.4 Å². The number of carbonyl (C=O) groups is 1. The highest BCUT2D eigenvalue weighted by molar-refractivity contribution is 7.07. The molecule has 0 unspecified atom stereocenters. The normalized spacial score (nSPS) is 15.1. The molecule has 6 heteroatoms. The molecule has 3 rings (SSSR count). The maximum absolute atomic E-state index is 12.9. The number of hydrogen-bond donors (Lipinski definition) is 0. The lowest BCUT2D eigenvalue weighted by Gasteiger charge is -2.28. The molecule has 0 atom stereocenters. The van der Waals surface area contributed by atoms with Gasteiger partial charge < -0.3 is 4.90 Å². The molecule has 2 heterocycles. The molecule has 5 nitrogen and oxygen atoms in total. The number of aromatic nitrogens is 2. The molecule has 2 aromatic heterocycles. The van der Waals surface area contributed by atoms with Gasteiger partial charge in [0.1, 0.15) is 5.69 Å². The summed E-state index contributed by atoms with van der Waals surface area (Å²) in [6.07, 6.45) is 4.42. The Morgan fingerprint density at radius 1 is 1.36 bits per heavy atom. The van der Waals surface area contributed by atoms with E-state index >= 15 is 0 Å². The van der Waals surface area contributed by atoms with Gasteiger partial charge in [-0.1, -0.05) is 12.8 Å². The second-order valence-corrected chi connectivity index (χ2v) is 6.46. The summed E-state index contributed by atoms with van der Waals surface area (Å²) >= 11 is 1.64. The van der Waals surface area contributed by atoms with Gasteiger partial charge in [0.25, 0.3) is 11.5 Å². The molecule has 0 spiro atoms. The SMILES string of the molecule is Cn1nc(C(=O)N(Cc2ccsc2)C2CCCC2)ccc1=O. The Morgan fingerprint density at radius 2 is 2.14 bits per heavy atom. The number of hydrogen-bond acceptors (Lipinski definition) is 4. The maximum atomic E-state index is 12.9. The van der Waals surface area contributed by atoms with Gasteiger partial charge in [-0.3, -0.25) is 9.59 Å². The molecule has 1 amide bonds. The van der Waals surface area contributed by atoms with Crippen LogP contribution in [0.1, 0.15) is 41.7 Å². The van der Waals surface area contributed by atoms with Crippen LogP contribution in [-0.4, -0.2) is 26.6 Å². The van der Waals surface area contributed by atoms with Crippen LogP contribution in [0.4, 0.5) is 0 Å². The van der Waals surface area contributed by atoms with Crippen LogP contribution >= 0.6 is 11.3 Å². The van der Waals surface area contributed by atoms with Gasteiger partial charge in [-0.15, -0.1) is 0 Å². The quantitative estimate of drug-likeness (QED) is 0.870. The van der Waals surface area contributed by atoms with Crippen LogP contribution in [0.3, 0.4) is 0 Å². The molecular weight excluding hydrogens is 298 g/mol. The first kappa shape index (κ1) is 15.0. The minimum absolute atomic E-state index is 0.0892. The smallest absolute Gasteiger partial charge is 0.274 e. The second kappa shape index (κ2) is 6.44. The zero-order valence-corrected chi connectivity index (χ0v) is 13.4. The molecule has 1 fully saturated rings. The van der Waals surface area contributed by atoms with Crippen molar-refractivity contribution in [3.63, 3.8) is 0 Å². The van der Waals surface area contributed by atoms with Crippen molar-refractivity contribution in [2.75, 3.05) is 0 Å². The van der Waals surface area contributed by atoms with E-state index < -0.39 is 0 Å². The van der Waals surface area contributed by atoms with E-state index in [0.717, 1.165) is 18.4 Å². The average Bonchev–Trinajstić information content (AvgIpc) is 3.20. The first-order valence-corrected chi connectivity index (χ1v) is 8.46. The summed E-state index contributed by atoms with van der Waals surface area (Å²) in [4.78, 5) is 26.2. The third-order valence-corrected chi connectivity index (χ3v) is 4.87. The molecule has 22 heavy (non-hydrogen) atoms. The van der Waals surface area contributed by atoms with Gasteiger partial charge in [0.15, 0.2) is 0 Å². The van der Waals surface area contributed by atoms with Gasteiger partial charge in [-0.2, -0.15) is 16.4 Å². The fourth-order valence-electron chi connectivity index (χ4n) is 2.93. The van der Waals surface area contributed by atoms with E-state index in [2.05, 4.69) is 10.5 Å². The summed E-state index contributed by atoms with van der Waals surface area (Å²) in [5.74, 6) is -0.0892. The van der Waals surface area contributed by atoms with Crippen LogP contribution in [0.25, 0.3) is 0 Å². The Labute approximate surface area is 133 Å². The second-order valence-electron chi connectivity index (χ2n) is 5.68. The van der Waals surface area contributed by atoms with E-state index in [-0.39, 0.29) is 17.5 Å². The summed E-state index contributed by atoms with van der Waals surface area (Å²) in [6.45, 7) is 0.609. The van der Waals surface area contributed by atoms with Crippen molar-refractivity contribution in [3.8, 4) is 0 Å². The van der Waals surface area contributed by atoms with Crippen LogP contribution in [0.15, 0.2) is 33.8 Å². The van der Waals surface area contributed by atoms with E-state index in [0.29, 0.717) is 12.2 Å². The average molecular weight is 317 g/mol. The Morgan fingerprint density at radius 3 is 2.77 bits per heavy atom. The van der Waals surface area contributed by atoms with Crippen molar-refractivity contribution in [2.45, 2.75) is 38.3 Å². The van der Waals surface area contributed by atoms with Crippen LogP contribution < -0.4 is 5.56 Å². The zero-order valence-electron chi connectivity index (χ0n) is 12.6. The van der Waals surface area contributed by atoms with E-state index in [9.17, 15) is 9.59 Å². The highest BCUT2D eigenvalue weighted by Gasteiger charge is 2.28. The molecule has 2 aromatic rings. The molecule has 1 saturated carbocycles. The molecule has 0 saturated heterocycles. The molecule has 0 aromatic carbocycles. The van der Waals surface area contributed by atoms with E-state index in [1.165, 1.54) is 29.7 Å². The fourth-order valence-corrected chi connectivity index (χ4v) is 3.59. The highest BCUT2D eigenvalue weighted by Crippen LogP contribution is 2.26. The number of rotatable bonds is 4. The van der Waals surface area contributed by atoms with Crippen molar-refractivity contribution in [1.29, 1.82) is 0 Å². The summed E-state index contributed by atoms with van der Waals surface area (Å²) in [5.41, 5.74) is 1.28. The lowest BCUT2D eigenvalue weighted by atomic mass is 10.1. The summed E-state index contributed by atoms with van der Waals surface area (Å²) in [6, 6.07) is 5.25.